The third-order valence-electron chi connectivity index (χ3n) is 4.47. The van der Waals surface area contributed by atoms with Crippen LogP contribution in [0.5, 0.6) is 0 Å². The van der Waals surface area contributed by atoms with Crippen molar-refractivity contribution in [1.82, 2.24) is 19.7 Å². The van der Waals surface area contributed by atoms with E-state index in [2.05, 4.69) is 27.1 Å². The number of ether oxygens (including phenoxy) is 1. The van der Waals surface area contributed by atoms with E-state index in [1.165, 1.54) is 10.7 Å². The van der Waals surface area contributed by atoms with Gasteiger partial charge in [0, 0.05) is 51.2 Å². The van der Waals surface area contributed by atoms with Gasteiger partial charge in [0.15, 0.2) is 0 Å². The molecule has 6 nitrogen and oxygen atoms in total. The monoisotopic (exact) mass is 338 g/mol. The van der Waals surface area contributed by atoms with Gasteiger partial charge < -0.3 is 9.64 Å². The first-order valence-electron chi connectivity index (χ1n) is 8.48. The molecule has 1 amide bonds. The van der Waals surface area contributed by atoms with Crippen molar-refractivity contribution in [2.75, 3.05) is 59.0 Å². The molecule has 0 saturated carbocycles. The fourth-order valence-corrected chi connectivity index (χ4v) is 3.75. The number of carbonyl (C=O) groups excluding carboxylic acids is 1. The molecule has 2 saturated heterocycles. The minimum atomic E-state index is 0.258. The molecule has 0 spiro atoms. The summed E-state index contributed by atoms with van der Waals surface area (Å²) in [5, 5.41) is 3.37. The van der Waals surface area contributed by atoms with Crippen LogP contribution in [-0.2, 0) is 22.5 Å². The summed E-state index contributed by atoms with van der Waals surface area (Å²) < 4.78 is 5.33. The normalized spacial score (nSPS) is 20.8. The van der Waals surface area contributed by atoms with Crippen LogP contribution in [-0.4, -0.2) is 84.6 Å². The predicted octanol–water partition coefficient (Wildman–Crippen LogP) is 0.682. The van der Waals surface area contributed by atoms with Crippen LogP contribution in [0.15, 0.2) is 5.38 Å². The lowest BCUT2D eigenvalue weighted by molar-refractivity contribution is -0.135. The van der Waals surface area contributed by atoms with Gasteiger partial charge in [0.05, 0.1) is 30.5 Å². The van der Waals surface area contributed by atoms with Gasteiger partial charge in [0.2, 0.25) is 5.91 Å². The lowest BCUT2D eigenvalue weighted by Crippen LogP contribution is -2.52. The maximum atomic E-state index is 12.4. The fourth-order valence-electron chi connectivity index (χ4n) is 3.02. The molecular weight excluding hydrogens is 312 g/mol. The Morgan fingerprint density at radius 3 is 2.57 bits per heavy atom. The number of hydrogen-bond acceptors (Lipinski definition) is 6. The van der Waals surface area contributed by atoms with Crippen molar-refractivity contribution >= 4 is 17.2 Å². The maximum absolute atomic E-state index is 12.4. The number of hydrogen-bond donors (Lipinski definition) is 0. The van der Waals surface area contributed by atoms with E-state index in [-0.39, 0.29) is 5.91 Å². The minimum Gasteiger partial charge on any atom is -0.379 e. The van der Waals surface area contributed by atoms with Gasteiger partial charge in [-0.1, -0.05) is 6.92 Å². The highest BCUT2D eigenvalue weighted by molar-refractivity contribution is 7.09. The van der Waals surface area contributed by atoms with E-state index in [0.717, 1.165) is 65.4 Å². The Hall–Kier alpha value is -1.02. The summed E-state index contributed by atoms with van der Waals surface area (Å²) in [5.41, 5.74) is 1.17. The number of morpholine rings is 1. The Morgan fingerprint density at radius 1 is 1.17 bits per heavy atom. The molecule has 1 aromatic heterocycles. The topological polar surface area (TPSA) is 48.9 Å². The third-order valence-corrected chi connectivity index (χ3v) is 5.52. The van der Waals surface area contributed by atoms with E-state index in [4.69, 9.17) is 4.74 Å². The number of amides is 1. The number of aromatic nitrogens is 1. The van der Waals surface area contributed by atoms with Crippen LogP contribution in [0.25, 0.3) is 0 Å². The van der Waals surface area contributed by atoms with Gasteiger partial charge in [-0.25, -0.2) is 4.98 Å². The molecule has 2 aliphatic rings. The van der Waals surface area contributed by atoms with E-state index in [9.17, 15) is 4.79 Å². The minimum absolute atomic E-state index is 0.258. The molecule has 2 aliphatic heterocycles. The van der Waals surface area contributed by atoms with Gasteiger partial charge in [0.1, 0.15) is 0 Å². The first-order valence-corrected chi connectivity index (χ1v) is 9.36. The third kappa shape index (κ3) is 4.73. The van der Waals surface area contributed by atoms with Gasteiger partial charge >= 0.3 is 0 Å². The zero-order chi connectivity index (χ0) is 16.1. The number of rotatable bonds is 5. The molecule has 3 rings (SSSR count). The van der Waals surface area contributed by atoms with Crippen LogP contribution in [0.2, 0.25) is 0 Å². The highest BCUT2D eigenvalue weighted by Crippen LogP contribution is 2.14. The smallest absolute Gasteiger partial charge is 0.236 e. The zero-order valence-corrected chi connectivity index (χ0v) is 14.7. The van der Waals surface area contributed by atoms with Crippen molar-refractivity contribution < 1.29 is 9.53 Å². The van der Waals surface area contributed by atoms with Crippen molar-refractivity contribution in [2.24, 2.45) is 0 Å². The summed E-state index contributed by atoms with van der Waals surface area (Å²) >= 11 is 1.74. The quantitative estimate of drug-likeness (QED) is 0.790. The highest BCUT2D eigenvalue weighted by atomic mass is 32.1. The molecular formula is C16H26N4O2S. The summed E-state index contributed by atoms with van der Waals surface area (Å²) in [4.78, 5) is 23.6. The van der Waals surface area contributed by atoms with E-state index >= 15 is 0 Å². The summed E-state index contributed by atoms with van der Waals surface area (Å²) in [7, 11) is 0. The average Bonchev–Trinajstić information content (AvgIpc) is 3.04. The summed E-state index contributed by atoms with van der Waals surface area (Å²) in [6.45, 7) is 10.3. The van der Waals surface area contributed by atoms with Crippen LogP contribution < -0.4 is 0 Å². The van der Waals surface area contributed by atoms with Gasteiger partial charge in [-0.15, -0.1) is 11.3 Å². The van der Waals surface area contributed by atoms with Crippen molar-refractivity contribution in [3.05, 3.63) is 16.1 Å². The Balaban J connectivity index is 1.41. The van der Waals surface area contributed by atoms with Gasteiger partial charge in [-0.05, 0) is 6.42 Å². The van der Waals surface area contributed by atoms with E-state index < -0.39 is 0 Å². The number of piperazine rings is 1. The standard InChI is InChI=1S/C16H26N4O2S/c1-2-15-17-14(13-23-15)11-18-3-5-20(6-4-18)16(21)12-19-7-9-22-10-8-19/h13H,2-12H2,1H3. The van der Waals surface area contributed by atoms with E-state index in [1.807, 2.05) is 4.90 Å². The lowest BCUT2D eigenvalue weighted by Gasteiger charge is -2.36. The predicted molar refractivity (Wildman–Crippen MR) is 90.6 cm³/mol. The Morgan fingerprint density at radius 2 is 1.91 bits per heavy atom. The van der Waals surface area contributed by atoms with E-state index in [1.54, 1.807) is 11.3 Å². The summed E-state index contributed by atoms with van der Waals surface area (Å²) in [6.07, 6.45) is 1.01. The lowest BCUT2D eigenvalue weighted by atomic mass is 10.2. The molecule has 23 heavy (non-hydrogen) atoms. The van der Waals surface area contributed by atoms with Crippen LogP contribution in [0.1, 0.15) is 17.6 Å². The van der Waals surface area contributed by atoms with Crippen LogP contribution >= 0.6 is 11.3 Å². The SMILES string of the molecule is CCc1nc(CN2CCN(C(=O)CN3CCOCC3)CC2)cs1. The van der Waals surface area contributed by atoms with Crippen molar-refractivity contribution in [1.29, 1.82) is 0 Å². The highest BCUT2D eigenvalue weighted by Gasteiger charge is 2.23. The molecule has 0 bridgehead atoms. The van der Waals surface area contributed by atoms with Gasteiger partial charge in [-0.2, -0.15) is 0 Å². The van der Waals surface area contributed by atoms with Gasteiger partial charge in [0.25, 0.3) is 0 Å². The van der Waals surface area contributed by atoms with Crippen LogP contribution in [0.3, 0.4) is 0 Å². The maximum Gasteiger partial charge on any atom is 0.236 e. The molecule has 7 heteroatoms. The average molecular weight is 338 g/mol. The van der Waals surface area contributed by atoms with E-state index in [0.29, 0.717) is 6.54 Å². The molecule has 3 heterocycles. The number of aryl methyl sites for hydroxylation is 1. The molecule has 0 unspecified atom stereocenters. The number of nitrogens with zero attached hydrogens (tertiary/aromatic N) is 4. The molecule has 0 aliphatic carbocycles. The largest absolute Gasteiger partial charge is 0.379 e. The van der Waals surface area contributed by atoms with Crippen molar-refractivity contribution in [3.8, 4) is 0 Å². The van der Waals surface area contributed by atoms with Crippen LogP contribution in [0.4, 0.5) is 0 Å². The molecule has 0 radical (unpaired) electrons. The fraction of sp³-hybridized carbons (Fsp3) is 0.750. The second-order valence-corrected chi connectivity index (χ2v) is 7.07. The second kappa shape index (κ2) is 8.19. The van der Waals surface area contributed by atoms with Gasteiger partial charge in [-0.3, -0.25) is 14.6 Å². The van der Waals surface area contributed by atoms with Crippen molar-refractivity contribution in [2.45, 2.75) is 19.9 Å². The molecule has 0 aromatic carbocycles. The molecule has 1 aromatic rings. The molecule has 0 atom stereocenters. The Bertz CT molecular complexity index is 508. The Labute approximate surface area is 142 Å². The first-order chi connectivity index (χ1) is 11.2. The summed E-state index contributed by atoms with van der Waals surface area (Å²) in [5.74, 6) is 0.258. The first kappa shape index (κ1) is 16.8. The van der Waals surface area contributed by atoms with Crippen molar-refractivity contribution in [3.63, 3.8) is 0 Å². The van der Waals surface area contributed by atoms with Crippen LogP contribution in [0, 0.1) is 0 Å². The number of carbonyl (C=O) groups is 1. The molecule has 128 valence electrons. The zero-order valence-electron chi connectivity index (χ0n) is 13.9. The summed E-state index contributed by atoms with van der Waals surface area (Å²) in [6, 6.07) is 0. The Kier molecular flexibility index (Phi) is 5.99. The number of thiazole rings is 1. The second-order valence-electron chi connectivity index (χ2n) is 6.13. The molecule has 0 N–H and O–H groups in total. The molecule has 2 fully saturated rings.